The Labute approximate surface area is 199 Å². The fourth-order valence-electron chi connectivity index (χ4n) is 3.70. The largest absolute Gasteiger partial charge is 0.486 e. The van der Waals surface area contributed by atoms with Gasteiger partial charge in [0.05, 0.1) is 29.1 Å². The molecule has 7 nitrogen and oxygen atoms in total. The molecule has 172 valence electrons. The highest BCUT2D eigenvalue weighted by Gasteiger charge is 2.25. The number of rotatable bonds is 6. The second-order valence-electron chi connectivity index (χ2n) is 8.68. The van der Waals surface area contributed by atoms with Crippen LogP contribution < -0.4 is 9.80 Å². The van der Waals surface area contributed by atoms with Crippen molar-refractivity contribution in [1.29, 1.82) is 0 Å². The van der Waals surface area contributed by atoms with Crippen molar-refractivity contribution in [2.45, 2.75) is 39.9 Å². The predicted octanol–water partition coefficient (Wildman–Crippen LogP) is 4.60. The molecule has 8 heteroatoms. The Morgan fingerprint density at radius 1 is 1.15 bits per heavy atom. The second-order valence-corrected chi connectivity index (χ2v) is 9.13. The number of aliphatic hydroxyl groups is 1. The number of allylic oxidation sites excluding steroid dienone is 4. The monoisotopic (exact) mass is 465 g/mol. The molecule has 0 amide bonds. The lowest BCUT2D eigenvalue weighted by Gasteiger charge is -2.33. The summed E-state index contributed by atoms with van der Waals surface area (Å²) < 4.78 is 5.91. The zero-order valence-corrected chi connectivity index (χ0v) is 20.0. The van der Waals surface area contributed by atoms with E-state index in [0.29, 0.717) is 30.5 Å². The van der Waals surface area contributed by atoms with Gasteiger partial charge in [-0.1, -0.05) is 17.7 Å². The van der Waals surface area contributed by atoms with Crippen molar-refractivity contribution in [2.24, 2.45) is 0 Å². The van der Waals surface area contributed by atoms with Gasteiger partial charge in [0.25, 0.3) is 0 Å². The summed E-state index contributed by atoms with van der Waals surface area (Å²) in [7, 11) is 0. The Balaban J connectivity index is 1.53. The number of pyridine rings is 1. The third-order valence-electron chi connectivity index (χ3n) is 5.66. The van der Waals surface area contributed by atoms with Crippen molar-refractivity contribution in [1.82, 2.24) is 15.0 Å². The van der Waals surface area contributed by atoms with Crippen molar-refractivity contribution in [3.63, 3.8) is 0 Å². The summed E-state index contributed by atoms with van der Waals surface area (Å²) in [5.74, 6) is 1.45. The van der Waals surface area contributed by atoms with Crippen molar-refractivity contribution in [3.05, 3.63) is 88.6 Å². The second kappa shape index (κ2) is 9.37. The van der Waals surface area contributed by atoms with Crippen molar-refractivity contribution in [2.75, 3.05) is 22.9 Å². The van der Waals surface area contributed by atoms with Gasteiger partial charge in [0.2, 0.25) is 0 Å². The van der Waals surface area contributed by atoms with Crippen LogP contribution in [-0.4, -0.2) is 38.7 Å². The smallest absolute Gasteiger partial charge is 0.137 e. The van der Waals surface area contributed by atoms with Gasteiger partial charge in [0.15, 0.2) is 0 Å². The summed E-state index contributed by atoms with van der Waals surface area (Å²) in [6.45, 7) is 9.03. The van der Waals surface area contributed by atoms with Crippen LogP contribution in [0.3, 0.4) is 0 Å². The maximum Gasteiger partial charge on any atom is 0.137 e. The fourth-order valence-corrected chi connectivity index (χ4v) is 3.92. The fraction of sp³-hybridized carbons (Fsp3) is 0.320. The van der Waals surface area contributed by atoms with Crippen LogP contribution in [-0.2, 0) is 11.3 Å². The minimum absolute atomic E-state index is 0.306. The topological polar surface area (TPSA) is 74.6 Å². The highest BCUT2D eigenvalue weighted by atomic mass is 35.5. The van der Waals surface area contributed by atoms with E-state index >= 15 is 0 Å². The number of anilines is 2. The molecule has 0 aliphatic carbocycles. The SMILES string of the molecule is CC1=CC(OCc2cnccn2)=C(Cl)CN1c1cc(N2C=CC=C(C(C)(C)O)C2)ncc1C. The van der Waals surface area contributed by atoms with E-state index in [9.17, 15) is 5.11 Å². The first kappa shape index (κ1) is 23.0. The van der Waals surface area contributed by atoms with Gasteiger partial charge in [0, 0.05) is 54.9 Å². The quantitative estimate of drug-likeness (QED) is 0.668. The van der Waals surface area contributed by atoms with E-state index in [2.05, 4.69) is 25.9 Å². The first-order chi connectivity index (χ1) is 15.7. The Morgan fingerprint density at radius 2 is 1.97 bits per heavy atom. The molecule has 0 atom stereocenters. The maximum atomic E-state index is 10.4. The molecule has 2 aromatic heterocycles. The molecule has 1 N–H and O–H groups in total. The Morgan fingerprint density at radius 3 is 2.70 bits per heavy atom. The van der Waals surface area contributed by atoms with Gasteiger partial charge >= 0.3 is 0 Å². The summed E-state index contributed by atoms with van der Waals surface area (Å²) in [5.41, 5.74) is 3.86. The number of aryl methyl sites for hydroxylation is 1. The molecular weight excluding hydrogens is 438 g/mol. The molecule has 0 unspecified atom stereocenters. The number of nitrogens with zero attached hydrogens (tertiary/aromatic N) is 5. The molecule has 0 fully saturated rings. The molecule has 0 aromatic carbocycles. The number of aromatic nitrogens is 3. The summed E-state index contributed by atoms with van der Waals surface area (Å²) in [6, 6.07) is 2.06. The first-order valence-electron chi connectivity index (χ1n) is 10.8. The maximum absolute atomic E-state index is 10.4. The molecule has 0 saturated carbocycles. The molecular formula is C25H28ClN5O2. The number of ether oxygens (including phenoxy) is 1. The van der Waals surface area contributed by atoms with E-state index in [1.165, 1.54) is 0 Å². The molecule has 0 bridgehead atoms. The van der Waals surface area contributed by atoms with Crippen molar-refractivity contribution in [3.8, 4) is 0 Å². The van der Waals surface area contributed by atoms with Crippen LogP contribution in [0.4, 0.5) is 11.5 Å². The Bertz CT molecular complexity index is 1150. The third kappa shape index (κ3) is 5.26. The standard InChI is InChI=1S/C25H28ClN5O2/c1-17-12-29-24(30-9-5-6-19(14-30)25(3,4)32)11-22(17)31-15-21(26)23(10-18(31)2)33-16-20-13-27-7-8-28-20/h5-13,32H,14-16H2,1-4H3. The normalized spacial score (nSPS) is 16.7. The van der Waals surface area contributed by atoms with Gasteiger partial charge in [-0.05, 0) is 44.9 Å². The Kier molecular flexibility index (Phi) is 6.54. The third-order valence-corrected chi connectivity index (χ3v) is 5.96. The van der Waals surface area contributed by atoms with Gasteiger partial charge in [-0.3, -0.25) is 9.97 Å². The van der Waals surface area contributed by atoms with Gasteiger partial charge in [-0.25, -0.2) is 4.98 Å². The van der Waals surface area contributed by atoms with Crippen molar-refractivity contribution >= 4 is 23.1 Å². The zero-order chi connectivity index (χ0) is 23.6. The summed E-state index contributed by atoms with van der Waals surface area (Å²) in [4.78, 5) is 17.1. The average molecular weight is 466 g/mol. The summed E-state index contributed by atoms with van der Waals surface area (Å²) in [5, 5.41) is 11.0. The lowest BCUT2D eigenvalue weighted by Crippen LogP contribution is -2.33. The van der Waals surface area contributed by atoms with Crippen LogP contribution in [0.15, 0.2) is 77.3 Å². The van der Waals surface area contributed by atoms with Gasteiger partial charge in [-0.2, -0.15) is 0 Å². The lowest BCUT2D eigenvalue weighted by atomic mass is 9.96. The minimum Gasteiger partial charge on any atom is -0.486 e. The number of hydrogen-bond donors (Lipinski definition) is 1. The van der Waals surface area contributed by atoms with E-state index < -0.39 is 5.60 Å². The van der Waals surface area contributed by atoms with Gasteiger partial charge < -0.3 is 19.6 Å². The molecule has 33 heavy (non-hydrogen) atoms. The van der Waals surface area contributed by atoms with Crippen LogP contribution in [0.25, 0.3) is 0 Å². The van der Waals surface area contributed by atoms with Crippen molar-refractivity contribution < 1.29 is 9.84 Å². The predicted molar refractivity (Wildman–Crippen MR) is 131 cm³/mol. The van der Waals surface area contributed by atoms with Crippen LogP contribution in [0.2, 0.25) is 0 Å². The molecule has 0 spiro atoms. The van der Waals surface area contributed by atoms with Gasteiger partial charge in [0.1, 0.15) is 18.2 Å². The first-order valence-corrected chi connectivity index (χ1v) is 11.2. The van der Waals surface area contributed by atoms with Gasteiger partial charge in [-0.15, -0.1) is 0 Å². The summed E-state index contributed by atoms with van der Waals surface area (Å²) >= 11 is 6.63. The van der Waals surface area contributed by atoms with E-state index in [1.54, 1.807) is 32.4 Å². The van der Waals surface area contributed by atoms with Crippen LogP contribution in [0.1, 0.15) is 32.0 Å². The van der Waals surface area contributed by atoms with Crippen LogP contribution in [0, 0.1) is 6.92 Å². The lowest BCUT2D eigenvalue weighted by molar-refractivity contribution is 0.118. The molecule has 2 aliphatic rings. The zero-order valence-electron chi connectivity index (χ0n) is 19.3. The number of halogens is 1. The van der Waals surface area contributed by atoms with Crippen LogP contribution >= 0.6 is 11.6 Å². The summed E-state index contributed by atoms with van der Waals surface area (Å²) in [6.07, 6.45) is 14.6. The minimum atomic E-state index is -0.886. The Hall–Kier alpha value is -3.16. The van der Waals surface area contributed by atoms with E-state index in [-0.39, 0.29) is 0 Å². The average Bonchev–Trinajstić information content (AvgIpc) is 2.80. The molecule has 4 heterocycles. The highest BCUT2D eigenvalue weighted by molar-refractivity contribution is 6.30. The molecule has 2 aromatic rings. The molecule has 0 radical (unpaired) electrons. The molecule has 2 aliphatic heterocycles. The highest BCUT2D eigenvalue weighted by Crippen LogP contribution is 2.34. The molecule has 0 saturated heterocycles. The molecule has 4 rings (SSSR count). The van der Waals surface area contributed by atoms with E-state index in [0.717, 1.165) is 34.0 Å². The number of hydrogen-bond acceptors (Lipinski definition) is 7. The van der Waals surface area contributed by atoms with E-state index in [1.807, 2.05) is 49.4 Å². The van der Waals surface area contributed by atoms with E-state index in [4.69, 9.17) is 16.3 Å². The van der Waals surface area contributed by atoms with Crippen LogP contribution in [0.5, 0.6) is 0 Å².